The Hall–Kier alpha value is -0.870. The number of aromatic nitrogens is 2. The molecule has 0 fully saturated rings. The topological polar surface area (TPSA) is 50.1 Å². The van der Waals surface area contributed by atoms with Crippen LogP contribution in [-0.4, -0.2) is 28.0 Å². The Morgan fingerprint density at radius 2 is 2.06 bits per heavy atom. The average molecular weight is 253 g/mol. The molecular weight excluding hydrogens is 226 g/mol. The summed E-state index contributed by atoms with van der Waals surface area (Å²) in [7, 11) is 1.99. The minimum Gasteiger partial charge on any atom is -0.396 e. The molecular formula is C14H27N3O. The molecule has 0 saturated carbocycles. The lowest BCUT2D eigenvalue weighted by Gasteiger charge is -2.19. The van der Waals surface area contributed by atoms with Gasteiger partial charge < -0.3 is 10.4 Å². The second-order valence-corrected chi connectivity index (χ2v) is 5.12. The lowest BCUT2D eigenvalue weighted by Crippen LogP contribution is -2.26. The van der Waals surface area contributed by atoms with Gasteiger partial charge in [-0.3, -0.25) is 4.68 Å². The Morgan fingerprint density at radius 1 is 1.39 bits per heavy atom. The minimum atomic E-state index is 0.277. The maximum Gasteiger partial charge on any atom is 0.0644 e. The monoisotopic (exact) mass is 253 g/mol. The molecule has 4 nitrogen and oxygen atoms in total. The largest absolute Gasteiger partial charge is 0.396 e. The molecule has 0 aliphatic heterocycles. The molecule has 104 valence electrons. The molecule has 2 unspecified atom stereocenters. The molecule has 0 radical (unpaired) electrons. The van der Waals surface area contributed by atoms with E-state index in [0.29, 0.717) is 12.0 Å². The standard InChI is InChI=1S/C14H27N3O/c1-6-13(7-8-18)9-15-10(2)14-11(3)16-17(5)12(14)4/h10,13,15,18H,6-9H2,1-5H3. The van der Waals surface area contributed by atoms with Crippen LogP contribution in [0.4, 0.5) is 0 Å². The van der Waals surface area contributed by atoms with E-state index >= 15 is 0 Å². The maximum atomic E-state index is 9.00. The highest BCUT2D eigenvalue weighted by atomic mass is 16.3. The van der Waals surface area contributed by atoms with Crippen molar-refractivity contribution in [3.63, 3.8) is 0 Å². The zero-order valence-corrected chi connectivity index (χ0v) is 12.3. The Bertz CT molecular complexity index is 373. The SMILES string of the molecule is CCC(CCO)CNC(C)c1c(C)nn(C)c1C. The van der Waals surface area contributed by atoms with Gasteiger partial charge in [-0.2, -0.15) is 5.10 Å². The van der Waals surface area contributed by atoms with Crippen LogP contribution in [0.3, 0.4) is 0 Å². The van der Waals surface area contributed by atoms with Gasteiger partial charge in [-0.15, -0.1) is 0 Å². The maximum absolute atomic E-state index is 9.00. The van der Waals surface area contributed by atoms with Gasteiger partial charge in [0.05, 0.1) is 5.69 Å². The van der Waals surface area contributed by atoms with Crippen molar-refractivity contribution in [2.24, 2.45) is 13.0 Å². The van der Waals surface area contributed by atoms with E-state index in [-0.39, 0.29) is 6.61 Å². The van der Waals surface area contributed by atoms with Crippen molar-refractivity contribution in [3.05, 3.63) is 17.0 Å². The van der Waals surface area contributed by atoms with Gasteiger partial charge in [0.2, 0.25) is 0 Å². The quantitative estimate of drug-likeness (QED) is 0.782. The first-order valence-corrected chi connectivity index (χ1v) is 6.85. The fourth-order valence-corrected chi connectivity index (χ4v) is 2.50. The highest BCUT2D eigenvalue weighted by Gasteiger charge is 2.16. The van der Waals surface area contributed by atoms with Gasteiger partial charge in [-0.05, 0) is 39.7 Å². The highest BCUT2D eigenvalue weighted by Crippen LogP contribution is 2.21. The van der Waals surface area contributed by atoms with Gasteiger partial charge in [-0.25, -0.2) is 0 Å². The second kappa shape index (κ2) is 6.90. The van der Waals surface area contributed by atoms with Crippen LogP contribution in [0.5, 0.6) is 0 Å². The van der Waals surface area contributed by atoms with Crippen molar-refractivity contribution >= 4 is 0 Å². The van der Waals surface area contributed by atoms with Crippen LogP contribution in [0.2, 0.25) is 0 Å². The second-order valence-electron chi connectivity index (χ2n) is 5.12. The van der Waals surface area contributed by atoms with E-state index in [0.717, 1.165) is 25.1 Å². The Kier molecular flexibility index (Phi) is 5.82. The highest BCUT2D eigenvalue weighted by molar-refractivity contribution is 5.27. The van der Waals surface area contributed by atoms with Gasteiger partial charge in [-0.1, -0.05) is 13.3 Å². The number of aliphatic hydroxyl groups excluding tert-OH is 1. The first-order valence-electron chi connectivity index (χ1n) is 6.85. The van der Waals surface area contributed by atoms with Crippen LogP contribution >= 0.6 is 0 Å². The Labute approximate surface area is 110 Å². The number of hydrogen-bond acceptors (Lipinski definition) is 3. The zero-order chi connectivity index (χ0) is 13.7. The molecule has 1 rings (SSSR count). The summed E-state index contributed by atoms with van der Waals surface area (Å²) < 4.78 is 1.94. The van der Waals surface area contributed by atoms with E-state index in [1.807, 2.05) is 11.7 Å². The number of hydrogen-bond donors (Lipinski definition) is 2. The molecule has 1 aromatic rings. The third kappa shape index (κ3) is 3.56. The zero-order valence-electron chi connectivity index (χ0n) is 12.3. The Morgan fingerprint density at radius 3 is 2.50 bits per heavy atom. The number of nitrogens with one attached hydrogen (secondary N) is 1. The molecule has 0 aromatic carbocycles. The van der Waals surface area contributed by atoms with E-state index in [9.17, 15) is 0 Å². The summed E-state index contributed by atoms with van der Waals surface area (Å²) in [4.78, 5) is 0. The summed E-state index contributed by atoms with van der Waals surface area (Å²) >= 11 is 0. The van der Waals surface area contributed by atoms with Crippen molar-refractivity contribution < 1.29 is 5.11 Å². The summed E-state index contributed by atoms with van der Waals surface area (Å²) in [5.74, 6) is 0.551. The third-order valence-electron chi connectivity index (χ3n) is 3.83. The van der Waals surface area contributed by atoms with E-state index < -0.39 is 0 Å². The summed E-state index contributed by atoms with van der Waals surface area (Å²) in [5.41, 5.74) is 3.63. The molecule has 1 heterocycles. The predicted octanol–water partition coefficient (Wildman–Crippen LogP) is 2.10. The van der Waals surface area contributed by atoms with E-state index in [4.69, 9.17) is 5.11 Å². The van der Waals surface area contributed by atoms with Crippen LogP contribution in [0.1, 0.15) is 49.7 Å². The van der Waals surface area contributed by atoms with Gasteiger partial charge in [0.15, 0.2) is 0 Å². The molecule has 2 atom stereocenters. The van der Waals surface area contributed by atoms with Gasteiger partial charge in [0, 0.05) is 31.0 Å². The van der Waals surface area contributed by atoms with Crippen LogP contribution in [0.25, 0.3) is 0 Å². The predicted molar refractivity (Wildman–Crippen MR) is 74.6 cm³/mol. The first-order chi connectivity index (χ1) is 8.51. The van der Waals surface area contributed by atoms with Crippen molar-refractivity contribution in [3.8, 4) is 0 Å². The lowest BCUT2D eigenvalue weighted by atomic mass is 10.0. The van der Waals surface area contributed by atoms with Crippen LogP contribution < -0.4 is 5.32 Å². The van der Waals surface area contributed by atoms with E-state index in [1.165, 1.54) is 11.3 Å². The molecule has 0 saturated heterocycles. The molecule has 0 spiro atoms. The first kappa shape index (κ1) is 15.2. The summed E-state index contributed by atoms with van der Waals surface area (Å²) in [6.07, 6.45) is 1.98. The van der Waals surface area contributed by atoms with Gasteiger partial charge in [0.1, 0.15) is 0 Å². The molecule has 0 aliphatic rings. The summed E-state index contributed by atoms with van der Waals surface area (Å²) in [6.45, 7) is 9.76. The third-order valence-corrected chi connectivity index (χ3v) is 3.83. The van der Waals surface area contributed by atoms with Crippen molar-refractivity contribution in [2.75, 3.05) is 13.2 Å². The molecule has 0 bridgehead atoms. The number of aliphatic hydroxyl groups is 1. The van der Waals surface area contributed by atoms with Crippen LogP contribution in [-0.2, 0) is 7.05 Å². The van der Waals surface area contributed by atoms with E-state index in [2.05, 4.69) is 38.1 Å². The normalized spacial score (nSPS) is 14.8. The molecule has 0 aliphatic carbocycles. The van der Waals surface area contributed by atoms with Crippen LogP contribution in [0.15, 0.2) is 0 Å². The fraction of sp³-hybridized carbons (Fsp3) is 0.786. The number of aryl methyl sites for hydroxylation is 2. The van der Waals surface area contributed by atoms with Crippen molar-refractivity contribution in [2.45, 2.75) is 46.6 Å². The van der Waals surface area contributed by atoms with E-state index in [1.54, 1.807) is 0 Å². The van der Waals surface area contributed by atoms with Gasteiger partial charge in [0.25, 0.3) is 0 Å². The molecule has 1 aromatic heterocycles. The fourth-order valence-electron chi connectivity index (χ4n) is 2.50. The smallest absolute Gasteiger partial charge is 0.0644 e. The summed E-state index contributed by atoms with van der Waals surface area (Å²) in [6, 6.07) is 0.312. The molecule has 4 heteroatoms. The average Bonchev–Trinajstić information content (AvgIpc) is 2.58. The van der Waals surface area contributed by atoms with Gasteiger partial charge >= 0.3 is 0 Å². The molecule has 2 N–H and O–H groups in total. The van der Waals surface area contributed by atoms with Crippen molar-refractivity contribution in [1.29, 1.82) is 0 Å². The molecule has 18 heavy (non-hydrogen) atoms. The summed E-state index contributed by atoms with van der Waals surface area (Å²) in [5, 5.41) is 17.0. The van der Waals surface area contributed by atoms with Crippen molar-refractivity contribution in [1.82, 2.24) is 15.1 Å². The number of nitrogens with zero attached hydrogens (tertiary/aromatic N) is 2. The van der Waals surface area contributed by atoms with Crippen LogP contribution in [0, 0.1) is 19.8 Å². The minimum absolute atomic E-state index is 0.277. The lowest BCUT2D eigenvalue weighted by molar-refractivity contribution is 0.249. The molecule has 0 amide bonds. The Balaban J connectivity index is 2.62. The number of rotatable bonds is 7.